The van der Waals surface area contributed by atoms with Crippen molar-refractivity contribution in [2.75, 3.05) is 13.6 Å². The quantitative estimate of drug-likeness (QED) is 0.571. The molecule has 0 N–H and O–H groups in total. The Bertz CT molecular complexity index is 138. The predicted molar refractivity (Wildman–Crippen MR) is 43.9 cm³/mol. The first-order valence-electron chi connectivity index (χ1n) is 3.81. The first-order chi connectivity index (χ1) is 4.88. The van der Waals surface area contributed by atoms with E-state index in [0.29, 0.717) is 6.54 Å². The number of hydrogen-bond acceptors (Lipinski definition) is 3. The lowest BCUT2D eigenvalue weighted by Crippen LogP contribution is -2.30. The molecule has 0 radical (unpaired) electrons. The molecule has 11 heavy (non-hydrogen) atoms. The molecule has 0 aliphatic heterocycles. The number of nitrogens with zero attached hydrogens (tertiary/aromatic N) is 1. The van der Waals surface area contributed by atoms with Gasteiger partial charge in [-0.3, -0.25) is 0 Å². The number of carbonyl (C=O) groups excluding carboxylic acids is 1. The van der Waals surface area contributed by atoms with Crippen molar-refractivity contribution >= 4 is 5.97 Å². The highest BCUT2D eigenvalue weighted by Crippen LogP contribution is 2.15. The number of rotatable bonds is 2. The molecule has 66 valence electrons. The van der Waals surface area contributed by atoms with Crippen LogP contribution in [-0.4, -0.2) is 24.6 Å². The Morgan fingerprint density at radius 3 is 2.18 bits per heavy atom. The van der Waals surface area contributed by atoms with E-state index in [-0.39, 0.29) is 5.97 Å². The van der Waals surface area contributed by atoms with Crippen LogP contribution in [0.2, 0.25) is 0 Å². The lowest BCUT2D eigenvalue weighted by atomic mass is 9.98. The topological polar surface area (TPSA) is 29.5 Å². The van der Waals surface area contributed by atoms with E-state index in [1.165, 1.54) is 5.06 Å². The van der Waals surface area contributed by atoms with Crippen LogP contribution in [0.1, 0.15) is 27.7 Å². The van der Waals surface area contributed by atoms with Crippen molar-refractivity contribution in [3.63, 3.8) is 0 Å². The third kappa shape index (κ3) is 3.98. The smallest absolute Gasteiger partial charge is 0.330 e. The molecule has 0 aromatic heterocycles. The second kappa shape index (κ2) is 3.72. The third-order valence-corrected chi connectivity index (χ3v) is 1.30. The molecule has 3 heteroatoms. The molecule has 0 bridgehead atoms. The van der Waals surface area contributed by atoms with Gasteiger partial charge >= 0.3 is 5.97 Å². The lowest BCUT2D eigenvalue weighted by molar-refractivity contribution is -0.193. The minimum absolute atomic E-state index is 0.193. The molecule has 0 aromatic carbocycles. The van der Waals surface area contributed by atoms with Gasteiger partial charge in [-0.2, -0.15) is 0 Å². The molecule has 0 aliphatic carbocycles. The lowest BCUT2D eigenvalue weighted by Gasteiger charge is -2.20. The molecular weight excluding hydrogens is 142 g/mol. The van der Waals surface area contributed by atoms with Crippen molar-refractivity contribution in [1.82, 2.24) is 5.06 Å². The van der Waals surface area contributed by atoms with E-state index >= 15 is 0 Å². The zero-order chi connectivity index (χ0) is 9.07. The van der Waals surface area contributed by atoms with Crippen LogP contribution in [0.4, 0.5) is 0 Å². The van der Waals surface area contributed by atoms with E-state index < -0.39 is 5.41 Å². The first-order valence-corrected chi connectivity index (χ1v) is 3.81. The molecule has 0 fully saturated rings. The summed E-state index contributed by atoms with van der Waals surface area (Å²) in [4.78, 5) is 16.1. The molecule has 0 atom stereocenters. The van der Waals surface area contributed by atoms with Gasteiger partial charge in [-0.25, -0.2) is 4.79 Å². The first kappa shape index (κ1) is 10.4. The highest BCUT2D eigenvalue weighted by molar-refractivity contribution is 5.75. The summed E-state index contributed by atoms with van der Waals surface area (Å²) in [5, 5.41) is 1.52. The molecule has 0 aromatic rings. The van der Waals surface area contributed by atoms with Crippen LogP contribution in [0.25, 0.3) is 0 Å². The van der Waals surface area contributed by atoms with E-state index in [2.05, 4.69) is 0 Å². The molecule has 0 amide bonds. The van der Waals surface area contributed by atoms with E-state index in [1.54, 1.807) is 7.05 Å². The maximum atomic E-state index is 11.2. The summed E-state index contributed by atoms with van der Waals surface area (Å²) in [6, 6.07) is 0. The van der Waals surface area contributed by atoms with Crippen molar-refractivity contribution in [3.05, 3.63) is 0 Å². The second-order valence-corrected chi connectivity index (χ2v) is 3.57. The van der Waals surface area contributed by atoms with Gasteiger partial charge < -0.3 is 4.84 Å². The molecule has 0 saturated heterocycles. The highest BCUT2D eigenvalue weighted by Gasteiger charge is 2.24. The Morgan fingerprint density at radius 1 is 1.45 bits per heavy atom. The molecule has 0 spiro atoms. The van der Waals surface area contributed by atoms with Crippen molar-refractivity contribution in [3.8, 4) is 0 Å². The molecule has 0 heterocycles. The maximum Gasteiger partial charge on any atom is 0.330 e. The minimum atomic E-state index is -0.413. The fourth-order valence-electron chi connectivity index (χ4n) is 0.343. The van der Waals surface area contributed by atoms with Gasteiger partial charge in [0.1, 0.15) is 0 Å². The van der Waals surface area contributed by atoms with E-state index in [1.807, 2.05) is 27.7 Å². The van der Waals surface area contributed by atoms with Gasteiger partial charge in [0.15, 0.2) is 0 Å². The molecule has 0 saturated carbocycles. The SMILES string of the molecule is CCN(C)OC(=O)C(C)(C)C. The Balaban J connectivity index is 3.88. The number of hydroxylamine groups is 2. The molecular formula is C8H17NO2. The minimum Gasteiger partial charge on any atom is -0.368 e. The van der Waals surface area contributed by atoms with Gasteiger partial charge in [0.2, 0.25) is 0 Å². The Labute approximate surface area is 68.3 Å². The van der Waals surface area contributed by atoms with E-state index in [9.17, 15) is 4.79 Å². The van der Waals surface area contributed by atoms with Gasteiger partial charge in [-0.15, -0.1) is 5.06 Å². The van der Waals surface area contributed by atoms with Crippen molar-refractivity contribution in [2.24, 2.45) is 5.41 Å². The van der Waals surface area contributed by atoms with Crippen LogP contribution in [0.15, 0.2) is 0 Å². The Kier molecular flexibility index (Phi) is 3.52. The van der Waals surface area contributed by atoms with E-state index in [0.717, 1.165) is 0 Å². The normalized spacial score (nSPS) is 11.8. The summed E-state index contributed by atoms with van der Waals surface area (Å²) in [5.41, 5.74) is -0.413. The average Bonchev–Trinajstić information content (AvgIpc) is 1.85. The van der Waals surface area contributed by atoms with Crippen molar-refractivity contribution in [1.29, 1.82) is 0 Å². The van der Waals surface area contributed by atoms with Gasteiger partial charge in [-0.05, 0) is 27.7 Å². The predicted octanol–water partition coefficient (Wildman–Crippen LogP) is 1.44. The molecule has 0 aliphatic rings. The summed E-state index contributed by atoms with van der Waals surface area (Å²) in [5.74, 6) is -0.193. The van der Waals surface area contributed by atoms with Crippen molar-refractivity contribution in [2.45, 2.75) is 27.7 Å². The monoisotopic (exact) mass is 159 g/mol. The van der Waals surface area contributed by atoms with Gasteiger partial charge in [-0.1, -0.05) is 0 Å². The standard InChI is InChI=1S/C8H17NO2/c1-6-9(5)11-7(10)8(2,3)4/h6H2,1-5H3. The summed E-state index contributed by atoms with van der Waals surface area (Å²) >= 11 is 0. The Hall–Kier alpha value is -0.570. The van der Waals surface area contributed by atoms with Crippen molar-refractivity contribution < 1.29 is 9.63 Å². The van der Waals surface area contributed by atoms with Crippen LogP contribution in [0, 0.1) is 5.41 Å². The highest BCUT2D eigenvalue weighted by atomic mass is 16.7. The summed E-state index contributed by atoms with van der Waals surface area (Å²) in [6.07, 6.45) is 0. The summed E-state index contributed by atoms with van der Waals surface area (Å²) in [6.45, 7) is 8.13. The van der Waals surface area contributed by atoms with Gasteiger partial charge in [0.25, 0.3) is 0 Å². The molecule has 0 unspecified atom stereocenters. The average molecular weight is 159 g/mol. The summed E-state index contributed by atoms with van der Waals surface area (Å²) in [7, 11) is 1.74. The van der Waals surface area contributed by atoms with Crippen LogP contribution in [-0.2, 0) is 9.63 Å². The Morgan fingerprint density at radius 2 is 1.91 bits per heavy atom. The van der Waals surface area contributed by atoms with Crippen LogP contribution < -0.4 is 0 Å². The van der Waals surface area contributed by atoms with Crippen LogP contribution >= 0.6 is 0 Å². The van der Waals surface area contributed by atoms with Crippen LogP contribution in [0.3, 0.4) is 0 Å². The maximum absolute atomic E-state index is 11.2. The fraction of sp³-hybridized carbons (Fsp3) is 0.875. The molecule has 0 rings (SSSR count). The third-order valence-electron chi connectivity index (χ3n) is 1.30. The second-order valence-electron chi connectivity index (χ2n) is 3.57. The van der Waals surface area contributed by atoms with Gasteiger partial charge in [0, 0.05) is 13.6 Å². The number of hydrogen-bond donors (Lipinski definition) is 0. The fourth-order valence-corrected chi connectivity index (χ4v) is 0.343. The zero-order valence-corrected chi connectivity index (χ0v) is 7.97. The van der Waals surface area contributed by atoms with Crippen LogP contribution in [0.5, 0.6) is 0 Å². The number of carbonyl (C=O) groups is 1. The molecule has 3 nitrogen and oxygen atoms in total. The van der Waals surface area contributed by atoms with E-state index in [4.69, 9.17) is 4.84 Å². The summed E-state index contributed by atoms with van der Waals surface area (Å²) < 4.78 is 0. The van der Waals surface area contributed by atoms with Gasteiger partial charge in [0.05, 0.1) is 5.41 Å². The zero-order valence-electron chi connectivity index (χ0n) is 7.97. The largest absolute Gasteiger partial charge is 0.368 e.